The van der Waals surface area contributed by atoms with Gasteiger partial charge in [0.1, 0.15) is 23.7 Å². The summed E-state index contributed by atoms with van der Waals surface area (Å²) in [6.07, 6.45) is 0.519. The van der Waals surface area contributed by atoms with Crippen LogP contribution in [0.3, 0.4) is 0 Å². The molecule has 3 rings (SSSR count). The molecule has 3 heterocycles. The Morgan fingerprint density at radius 2 is 2.24 bits per heavy atom. The van der Waals surface area contributed by atoms with Crippen molar-refractivity contribution >= 4 is 63.5 Å². The summed E-state index contributed by atoms with van der Waals surface area (Å²) < 4.78 is 3.94. The highest BCUT2D eigenvalue weighted by molar-refractivity contribution is 8.00. The van der Waals surface area contributed by atoms with Crippen molar-refractivity contribution in [2.75, 3.05) is 24.6 Å². The summed E-state index contributed by atoms with van der Waals surface area (Å²) in [7, 11) is 0. The van der Waals surface area contributed by atoms with E-state index in [-0.39, 0.29) is 39.8 Å². The van der Waals surface area contributed by atoms with Crippen LogP contribution in [0.15, 0.2) is 15.9 Å². The Balaban J connectivity index is 1.75. The number of rotatable bonds is 8. The number of nitrogens with one attached hydrogen (secondary N) is 1. The Hall–Kier alpha value is -2.42. The second kappa shape index (κ2) is 8.94. The lowest BCUT2D eigenvalue weighted by atomic mass is 10.0. The average molecular weight is 462 g/mol. The van der Waals surface area contributed by atoms with E-state index in [0.717, 1.165) is 16.4 Å². The van der Waals surface area contributed by atoms with Gasteiger partial charge < -0.3 is 26.7 Å². The molecule has 1 aromatic heterocycles. The highest BCUT2D eigenvalue weighted by Crippen LogP contribution is 2.41. The molecule has 0 spiro atoms. The number of fused-ring (bicyclic) bond motifs is 1. The Bertz CT molecular complexity index is 905. The van der Waals surface area contributed by atoms with Gasteiger partial charge in [-0.25, -0.2) is 4.79 Å². The first-order chi connectivity index (χ1) is 13.8. The van der Waals surface area contributed by atoms with E-state index >= 15 is 0 Å². The van der Waals surface area contributed by atoms with E-state index in [0.29, 0.717) is 13.0 Å². The van der Waals surface area contributed by atoms with E-state index < -0.39 is 29.2 Å². The summed E-state index contributed by atoms with van der Waals surface area (Å²) >= 11 is 8.04. The number of thioether (sulfide) groups is 1. The third kappa shape index (κ3) is 4.29. The first kappa shape index (κ1) is 21.3. The van der Waals surface area contributed by atoms with Gasteiger partial charge >= 0.3 is 5.97 Å². The molecule has 1 fully saturated rings. The third-order valence-electron chi connectivity index (χ3n) is 3.88. The number of amides is 2. The number of hydrogen-bond donors (Lipinski definition) is 4. The fourth-order valence-corrected chi connectivity index (χ4v) is 4.55. The Labute approximate surface area is 177 Å². The van der Waals surface area contributed by atoms with E-state index in [1.165, 1.54) is 11.8 Å². The van der Waals surface area contributed by atoms with E-state index in [1.807, 2.05) is 0 Å². The van der Waals surface area contributed by atoms with Crippen LogP contribution in [0.1, 0.15) is 12.2 Å². The maximum absolute atomic E-state index is 12.7. The number of carbonyl (C=O) groups is 3. The largest absolute Gasteiger partial charge is 0.477 e. The van der Waals surface area contributed by atoms with Crippen LogP contribution in [0.25, 0.3) is 0 Å². The summed E-state index contributed by atoms with van der Waals surface area (Å²) in [5.74, 6) is -2.51. The molecule has 0 aromatic carbocycles. The minimum atomic E-state index is -1.31. The van der Waals surface area contributed by atoms with Crippen LogP contribution in [0, 0.1) is 0 Å². The molecule has 2 aliphatic rings. The zero-order valence-corrected chi connectivity index (χ0v) is 17.1. The zero-order valence-electron chi connectivity index (χ0n) is 14.7. The summed E-state index contributed by atoms with van der Waals surface area (Å²) in [4.78, 5) is 46.6. The van der Waals surface area contributed by atoms with Crippen molar-refractivity contribution in [2.45, 2.75) is 17.8 Å². The number of nitrogens with zero attached hydrogens (tertiary/aromatic N) is 4. The quantitative estimate of drug-likeness (QED) is 0.164. The number of halogens is 1. The van der Waals surface area contributed by atoms with Crippen molar-refractivity contribution in [2.24, 2.45) is 10.9 Å². The van der Waals surface area contributed by atoms with Crippen molar-refractivity contribution in [1.29, 1.82) is 0 Å². The predicted molar refractivity (Wildman–Crippen MR) is 106 cm³/mol. The molecule has 2 amide bonds. The number of carbonyl (C=O) groups excluding carboxylic acids is 2. The summed E-state index contributed by atoms with van der Waals surface area (Å²) in [6, 6.07) is -0.961. The number of nitrogens with two attached hydrogens (primary N) is 2. The van der Waals surface area contributed by atoms with Gasteiger partial charge in [0.15, 0.2) is 5.13 Å². The van der Waals surface area contributed by atoms with E-state index in [2.05, 4.69) is 19.8 Å². The monoisotopic (exact) mass is 461 g/mol. The van der Waals surface area contributed by atoms with Gasteiger partial charge in [-0.1, -0.05) is 16.8 Å². The highest BCUT2D eigenvalue weighted by Gasteiger charge is 2.54. The Morgan fingerprint density at radius 3 is 2.86 bits per heavy atom. The lowest BCUT2D eigenvalue weighted by molar-refractivity contribution is -0.150. The number of carboxylic acids is 1. The summed E-state index contributed by atoms with van der Waals surface area (Å²) in [5, 5.41) is 15.2. The van der Waals surface area contributed by atoms with Crippen LogP contribution in [0.2, 0.25) is 0 Å². The van der Waals surface area contributed by atoms with Crippen LogP contribution < -0.4 is 16.8 Å². The maximum atomic E-state index is 12.7. The number of carboxylic acid groups (broad SMARTS) is 1. The molecular weight excluding hydrogens is 446 g/mol. The van der Waals surface area contributed by atoms with E-state index in [4.69, 9.17) is 27.9 Å². The molecule has 0 radical (unpaired) electrons. The number of β-lactam (4-membered cyclic amide) rings is 1. The molecule has 2 atom stereocenters. The fourth-order valence-electron chi connectivity index (χ4n) is 2.56. The van der Waals surface area contributed by atoms with E-state index in [1.54, 1.807) is 0 Å². The van der Waals surface area contributed by atoms with Gasteiger partial charge in [-0.15, -0.1) is 11.8 Å². The number of oxime groups is 1. The van der Waals surface area contributed by atoms with Crippen LogP contribution in [0.4, 0.5) is 5.13 Å². The molecule has 1 unspecified atom stereocenters. The summed E-state index contributed by atoms with van der Waals surface area (Å²) in [6.45, 7) is 0.555. The molecule has 0 bridgehead atoms. The van der Waals surface area contributed by atoms with Gasteiger partial charge in [-0.2, -0.15) is 9.36 Å². The number of hydrogen-bond acceptors (Lipinski definition) is 11. The second-order valence-corrected chi connectivity index (χ2v) is 8.14. The van der Waals surface area contributed by atoms with Crippen LogP contribution in [-0.4, -0.2) is 73.2 Å². The Morgan fingerprint density at radius 1 is 1.48 bits per heavy atom. The molecular formula is C14H16ClN7O5S2. The minimum absolute atomic E-state index is 0.0492. The van der Waals surface area contributed by atoms with E-state index in [9.17, 15) is 19.5 Å². The molecule has 12 nitrogen and oxygen atoms in total. The topological polar surface area (TPSA) is 186 Å². The second-order valence-electron chi connectivity index (χ2n) is 5.79. The first-order valence-corrected chi connectivity index (χ1v) is 10.4. The van der Waals surface area contributed by atoms with Crippen molar-refractivity contribution in [1.82, 2.24) is 19.6 Å². The van der Waals surface area contributed by atoms with Crippen molar-refractivity contribution in [3.05, 3.63) is 16.6 Å². The SMILES string of the molecule is NCCCON=C(C(=O)NC1C(=O)N2C(C(=O)O)=C(Cl)CS[C@@H]12)c1nsc(N)n1. The van der Waals surface area contributed by atoms with Crippen LogP contribution >= 0.6 is 34.9 Å². The lowest BCUT2D eigenvalue weighted by Gasteiger charge is -2.48. The first-order valence-electron chi connectivity index (χ1n) is 8.22. The molecule has 0 saturated carbocycles. The van der Waals surface area contributed by atoms with Crippen molar-refractivity contribution in [3.8, 4) is 0 Å². The van der Waals surface area contributed by atoms with Gasteiger partial charge in [0.05, 0.1) is 5.03 Å². The number of nitrogen functional groups attached to an aromatic ring is 1. The van der Waals surface area contributed by atoms with Crippen molar-refractivity contribution < 1.29 is 24.3 Å². The number of anilines is 1. The van der Waals surface area contributed by atoms with Gasteiger partial charge in [0, 0.05) is 17.3 Å². The molecule has 2 aliphatic heterocycles. The zero-order chi connectivity index (χ0) is 21.1. The maximum Gasteiger partial charge on any atom is 0.353 e. The van der Waals surface area contributed by atoms with Gasteiger partial charge in [-0.3, -0.25) is 14.5 Å². The lowest BCUT2D eigenvalue weighted by Crippen LogP contribution is -2.71. The molecule has 156 valence electrons. The molecule has 6 N–H and O–H groups in total. The predicted octanol–water partition coefficient (Wildman–Crippen LogP) is -0.875. The normalized spacial score (nSPS) is 21.5. The van der Waals surface area contributed by atoms with Gasteiger partial charge in [-0.05, 0) is 13.0 Å². The molecule has 1 saturated heterocycles. The Kier molecular flexibility index (Phi) is 6.56. The summed E-state index contributed by atoms with van der Waals surface area (Å²) in [5.41, 5.74) is 10.4. The van der Waals surface area contributed by atoms with Crippen LogP contribution in [-0.2, 0) is 19.2 Å². The fraction of sp³-hybridized carbons (Fsp3) is 0.429. The standard InChI is InChI=1S/C14H16ClN7O5S2/c15-5-4-28-12-7(11(24)22(12)8(5)13(25)26)18-10(23)6(20-27-3-1-2-16)9-19-14(17)29-21-9/h7,12H,1-4,16H2,(H,18,23)(H,25,26)(H2,17,19,21)/t7?,12-/m0/s1. The minimum Gasteiger partial charge on any atom is -0.477 e. The van der Waals surface area contributed by atoms with Gasteiger partial charge in [0.2, 0.25) is 11.5 Å². The average Bonchev–Trinajstić information content (AvgIpc) is 3.11. The molecule has 15 heteroatoms. The van der Waals surface area contributed by atoms with Gasteiger partial charge in [0.25, 0.3) is 11.8 Å². The molecule has 0 aliphatic carbocycles. The number of aromatic nitrogens is 2. The smallest absolute Gasteiger partial charge is 0.353 e. The third-order valence-corrected chi connectivity index (χ3v) is 6.17. The molecule has 1 aromatic rings. The van der Waals surface area contributed by atoms with Crippen molar-refractivity contribution in [3.63, 3.8) is 0 Å². The van der Waals surface area contributed by atoms with Crippen LogP contribution in [0.5, 0.6) is 0 Å². The molecule has 29 heavy (non-hydrogen) atoms. The highest BCUT2D eigenvalue weighted by atomic mass is 35.5. The number of aliphatic carboxylic acids is 1.